The van der Waals surface area contributed by atoms with E-state index in [2.05, 4.69) is 10.3 Å². The van der Waals surface area contributed by atoms with Gasteiger partial charge < -0.3 is 16.8 Å². The first-order valence-corrected chi connectivity index (χ1v) is 7.10. The van der Waals surface area contributed by atoms with Gasteiger partial charge >= 0.3 is 0 Å². The summed E-state index contributed by atoms with van der Waals surface area (Å²) in [5, 5.41) is 2.99. The zero-order chi connectivity index (χ0) is 14.4. The Morgan fingerprint density at radius 1 is 1.25 bits per heavy atom. The Labute approximate surface area is 119 Å². The van der Waals surface area contributed by atoms with Gasteiger partial charge in [0.1, 0.15) is 0 Å². The van der Waals surface area contributed by atoms with E-state index in [0.717, 1.165) is 36.9 Å². The molecular weight excluding hydrogens is 252 g/mol. The maximum absolute atomic E-state index is 12.2. The molecule has 0 aliphatic heterocycles. The molecule has 0 unspecified atom stereocenters. The van der Waals surface area contributed by atoms with E-state index in [1.54, 1.807) is 0 Å². The largest absolute Gasteiger partial charge is 0.370 e. The lowest BCUT2D eigenvalue weighted by atomic mass is 9.88. The van der Waals surface area contributed by atoms with Crippen molar-refractivity contribution in [2.75, 3.05) is 5.32 Å². The van der Waals surface area contributed by atoms with Crippen LogP contribution >= 0.6 is 0 Å². The second-order valence-corrected chi connectivity index (χ2v) is 5.27. The normalized spacial score (nSPS) is 15.6. The van der Waals surface area contributed by atoms with Gasteiger partial charge in [0.05, 0.1) is 6.54 Å². The van der Waals surface area contributed by atoms with Crippen LogP contribution in [0.1, 0.15) is 37.7 Å². The molecule has 1 aliphatic carbocycles. The second-order valence-electron chi connectivity index (χ2n) is 5.27. The van der Waals surface area contributed by atoms with Gasteiger partial charge in [0.25, 0.3) is 0 Å². The highest BCUT2D eigenvalue weighted by atomic mass is 16.1. The maximum atomic E-state index is 12.2. The lowest BCUT2D eigenvalue weighted by Gasteiger charge is -2.20. The summed E-state index contributed by atoms with van der Waals surface area (Å²) in [6.07, 6.45) is 5.56. The fourth-order valence-electron chi connectivity index (χ4n) is 2.54. The van der Waals surface area contributed by atoms with Gasteiger partial charge in [0.2, 0.25) is 5.91 Å². The summed E-state index contributed by atoms with van der Waals surface area (Å²) in [6, 6.07) is 7.63. The van der Waals surface area contributed by atoms with Gasteiger partial charge in [0.15, 0.2) is 5.96 Å². The van der Waals surface area contributed by atoms with Crippen LogP contribution in [0, 0.1) is 5.92 Å². The number of nitrogens with two attached hydrogens (primary N) is 2. The van der Waals surface area contributed by atoms with Crippen molar-refractivity contribution in [3.05, 3.63) is 29.8 Å². The van der Waals surface area contributed by atoms with E-state index in [4.69, 9.17) is 11.5 Å². The van der Waals surface area contributed by atoms with Crippen LogP contribution in [-0.2, 0) is 11.3 Å². The summed E-state index contributed by atoms with van der Waals surface area (Å²) in [4.78, 5) is 16.1. The van der Waals surface area contributed by atoms with Crippen molar-refractivity contribution in [1.29, 1.82) is 0 Å². The Morgan fingerprint density at radius 3 is 2.70 bits per heavy atom. The molecule has 1 amide bonds. The smallest absolute Gasteiger partial charge is 0.227 e. The number of carbonyl (C=O) groups is 1. The maximum Gasteiger partial charge on any atom is 0.227 e. The minimum atomic E-state index is 0.0710. The molecular formula is C15H22N4O. The Kier molecular flexibility index (Phi) is 4.98. The summed E-state index contributed by atoms with van der Waals surface area (Å²) in [7, 11) is 0. The number of benzene rings is 1. The number of aliphatic imine (C=N–C) groups is 1. The molecule has 5 heteroatoms. The summed E-state index contributed by atoms with van der Waals surface area (Å²) in [5.41, 5.74) is 12.4. The monoisotopic (exact) mass is 274 g/mol. The molecule has 20 heavy (non-hydrogen) atoms. The number of guanidine groups is 1. The van der Waals surface area contributed by atoms with E-state index in [1.165, 1.54) is 6.42 Å². The highest BCUT2D eigenvalue weighted by Crippen LogP contribution is 2.25. The fourth-order valence-corrected chi connectivity index (χ4v) is 2.54. The van der Waals surface area contributed by atoms with E-state index in [9.17, 15) is 4.79 Å². The van der Waals surface area contributed by atoms with Crippen LogP contribution < -0.4 is 16.8 Å². The van der Waals surface area contributed by atoms with Gasteiger partial charge in [-0.15, -0.1) is 0 Å². The predicted molar refractivity (Wildman–Crippen MR) is 81.2 cm³/mol. The van der Waals surface area contributed by atoms with Crippen LogP contribution in [0.4, 0.5) is 5.69 Å². The zero-order valence-electron chi connectivity index (χ0n) is 11.6. The molecule has 0 radical (unpaired) electrons. The van der Waals surface area contributed by atoms with E-state index in [-0.39, 0.29) is 17.8 Å². The average molecular weight is 274 g/mol. The zero-order valence-corrected chi connectivity index (χ0v) is 11.6. The van der Waals surface area contributed by atoms with Crippen LogP contribution in [0.5, 0.6) is 0 Å². The number of carbonyl (C=O) groups excluding carboxylic acids is 1. The standard InChI is InChI=1S/C15H22N4O/c16-15(17)18-10-11-5-4-8-13(9-11)19-14(20)12-6-2-1-3-7-12/h4-5,8-9,12H,1-3,6-7,10H2,(H,19,20)(H4,16,17,18). The first kappa shape index (κ1) is 14.4. The van der Waals surface area contributed by atoms with Gasteiger partial charge in [-0.05, 0) is 30.5 Å². The van der Waals surface area contributed by atoms with Crippen LogP contribution in [0.3, 0.4) is 0 Å². The average Bonchev–Trinajstić information content (AvgIpc) is 2.46. The van der Waals surface area contributed by atoms with Crippen molar-refractivity contribution in [2.45, 2.75) is 38.6 Å². The fraction of sp³-hybridized carbons (Fsp3) is 0.467. The van der Waals surface area contributed by atoms with Crippen molar-refractivity contribution in [1.82, 2.24) is 0 Å². The summed E-state index contributed by atoms with van der Waals surface area (Å²) in [6.45, 7) is 0.426. The van der Waals surface area contributed by atoms with Gasteiger partial charge in [-0.3, -0.25) is 4.79 Å². The minimum Gasteiger partial charge on any atom is -0.370 e. The number of hydrogen-bond acceptors (Lipinski definition) is 2. The molecule has 1 aromatic rings. The third-order valence-corrected chi connectivity index (χ3v) is 3.61. The van der Waals surface area contributed by atoms with E-state index >= 15 is 0 Å². The summed E-state index contributed by atoms with van der Waals surface area (Å²) < 4.78 is 0. The van der Waals surface area contributed by atoms with E-state index in [1.807, 2.05) is 24.3 Å². The Morgan fingerprint density at radius 2 is 2.00 bits per heavy atom. The Balaban J connectivity index is 1.96. The van der Waals surface area contributed by atoms with Gasteiger partial charge in [0, 0.05) is 11.6 Å². The molecule has 1 saturated carbocycles. The van der Waals surface area contributed by atoms with Crippen LogP contribution in [0.25, 0.3) is 0 Å². The Hall–Kier alpha value is -2.04. The molecule has 5 N–H and O–H groups in total. The van der Waals surface area contributed by atoms with Crippen molar-refractivity contribution in [2.24, 2.45) is 22.4 Å². The molecule has 0 heterocycles. The second kappa shape index (κ2) is 6.93. The summed E-state index contributed by atoms with van der Waals surface area (Å²) in [5.74, 6) is 0.357. The number of nitrogens with one attached hydrogen (secondary N) is 1. The van der Waals surface area contributed by atoms with Crippen LogP contribution in [-0.4, -0.2) is 11.9 Å². The molecule has 0 aromatic heterocycles. The minimum absolute atomic E-state index is 0.0710. The molecule has 1 fully saturated rings. The van der Waals surface area contributed by atoms with Gasteiger partial charge in [-0.25, -0.2) is 4.99 Å². The SMILES string of the molecule is NC(N)=NCc1cccc(NC(=O)C2CCCCC2)c1. The lowest BCUT2D eigenvalue weighted by molar-refractivity contribution is -0.120. The van der Waals surface area contributed by atoms with Crippen molar-refractivity contribution in [3.63, 3.8) is 0 Å². The summed E-state index contributed by atoms with van der Waals surface area (Å²) >= 11 is 0. The van der Waals surface area contributed by atoms with Gasteiger partial charge in [-0.1, -0.05) is 31.4 Å². The quantitative estimate of drug-likeness (QED) is 0.579. The third kappa shape index (κ3) is 4.26. The number of nitrogens with zero attached hydrogens (tertiary/aromatic N) is 1. The van der Waals surface area contributed by atoms with Gasteiger partial charge in [-0.2, -0.15) is 0 Å². The Bertz CT molecular complexity index is 488. The first-order chi connectivity index (χ1) is 9.65. The highest BCUT2D eigenvalue weighted by molar-refractivity contribution is 5.92. The molecule has 2 rings (SSSR count). The molecule has 0 saturated heterocycles. The highest BCUT2D eigenvalue weighted by Gasteiger charge is 2.20. The molecule has 108 valence electrons. The topological polar surface area (TPSA) is 93.5 Å². The molecule has 0 spiro atoms. The molecule has 1 aliphatic rings. The molecule has 0 bridgehead atoms. The van der Waals surface area contributed by atoms with E-state index < -0.39 is 0 Å². The van der Waals surface area contributed by atoms with E-state index in [0.29, 0.717) is 6.54 Å². The number of amides is 1. The molecule has 0 atom stereocenters. The molecule has 1 aromatic carbocycles. The van der Waals surface area contributed by atoms with Crippen LogP contribution in [0.2, 0.25) is 0 Å². The lowest BCUT2D eigenvalue weighted by Crippen LogP contribution is -2.24. The predicted octanol–water partition coefficient (Wildman–Crippen LogP) is 1.98. The number of anilines is 1. The van der Waals surface area contributed by atoms with Crippen molar-refractivity contribution in [3.8, 4) is 0 Å². The van der Waals surface area contributed by atoms with Crippen LogP contribution in [0.15, 0.2) is 29.3 Å². The number of hydrogen-bond donors (Lipinski definition) is 3. The van der Waals surface area contributed by atoms with Crippen molar-refractivity contribution >= 4 is 17.6 Å². The first-order valence-electron chi connectivity index (χ1n) is 7.10. The van der Waals surface area contributed by atoms with Crippen molar-refractivity contribution < 1.29 is 4.79 Å². The number of rotatable bonds is 4. The third-order valence-electron chi connectivity index (χ3n) is 3.61. The molecule has 5 nitrogen and oxygen atoms in total.